The maximum absolute atomic E-state index is 12.6. The molecule has 9 heteroatoms. The number of hydrogen-bond donors (Lipinski definition) is 1. The number of anilines is 1. The zero-order valence-electron chi connectivity index (χ0n) is 14.4. The van der Waals surface area contributed by atoms with E-state index in [0.29, 0.717) is 34.3 Å². The number of nitrogens with zero attached hydrogens (tertiary/aromatic N) is 4. The van der Waals surface area contributed by atoms with Crippen LogP contribution in [0.1, 0.15) is 25.5 Å². The molecule has 1 aliphatic heterocycles. The molecule has 3 rings (SSSR count). The van der Waals surface area contributed by atoms with Gasteiger partial charge in [0.2, 0.25) is 5.95 Å². The standard InChI is InChI=1S/C16H19N5O4/c1-5-25-15(22)13-9(2)17-16-18-19-20-21(16)14(13)11-8-10(23-3)6-7-12(11)24-4/h6-8,14H,5H2,1-4H3,(H,17,18,20)/t14-/m1/s1. The van der Waals surface area contributed by atoms with Gasteiger partial charge in [0.25, 0.3) is 0 Å². The Bertz CT molecular complexity index is 830. The van der Waals surface area contributed by atoms with E-state index in [9.17, 15) is 4.79 Å². The van der Waals surface area contributed by atoms with E-state index in [1.54, 1.807) is 46.3 Å². The van der Waals surface area contributed by atoms with Gasteiger partial charge >= 0.3 is 5.97 Å². The van der Waals surface area contributed by atoms with Crippen molar-refractivity contribution in [2.24, 2.45) is 0 Å². The first-order chi connectivity index (χ1) is 12.1. The van der Waals surface area contributed by atoms with Crippen LogP contribution in [0.25, 0.3) is 0 Å². The number of benzene rings is 1. The van der Waals surface area contributed by atoms with Gasteiger partial charge < -0.3 is 19.5 Å². The molecule has 0 unspecified atom stereocenters. The van der Waals surface area contributed by atoms with Crippen molar-refractivity contribution in [3.05, 3.63) is 35.0 Å². The highest BCUT2D eigenvalue weighted by atomic mass is 16.5. The first-order valence-electron chi connectivity index (χ1n) is 7.75. The average molecular weight is 345 g/mol. The van der Waals surface area contributed by atoms with Crippen molar-refractivity contribution in [2.45, 2.75) is 19.9 Å². The average Bonchev–Trinajstić information content (AvgIpc) is 3.07. The fraction of sp³-hybridized carbons (Fsp3) is 0.375. The zero-order chi connectivity index (χ0) is 18.0. The van der Waals surface area contributed by atoms with Crippen molar-refractivity contribution >= 4 is 11.9 Å². The molecule has 0 radical (unpaired) electrons. The second kappa shape index (κ2) is 6.80. The minimum atomic E-state index is -0.602. The number of carbonyl (C=O) groups excluding carboxylic acids is 1. The Morgan fingerprint density at radius 3 is 2.80 bits per heavy atom. The summed E-state index contributed by atoms with van der Waals surface area (Å²) in [4.78, 5) is 12.6. The third kappa shape index (κ3) is 2.88. The molecular formula is C16H19N5O4. The lowest BCUT2D eigenvalue weighted by Crippen LogP contribution is -2.30. The van der Waals surface area contributed by atoms with Crippen LogP contribution in [0.3, 0.4) is 0 Å². The fourth-order valence-electron chi connectivity index (χ4n) is 2.83. The number of methoxy groups -OCH3 is 2. The van der Waals surface area contributed by atoms with E-state index in [0.717, 1.165) is 0 Å². The minimum Gasteiger partial charge on any atom is -0.497 e. The maximum Gasteiger partial charge on any atom is 0.338 e. The molecule has 132 valence electrons. The van der Waals surface area contributed by atoms with Crippen molar-refractivity contribution in [1.29, 1.82) is 0 Å². The van der Waals surface area contributed by atoms with Gasteiger partial charge in [-0.2, -0.15) is 4.68 Å². The maximum atomic E-state index is 12.6. The number of allylic oxidation sites excluding steroid dienone is 1. The van der Waals surface area contributed by atoms with Crippen LogP contribution >= 0.6 is 0 Å². The second-order valence-electron chi connectivity index (χ2n) is 5.34. The molecule has 1 atom stereocenters. The number of ether oxygens (including phenoxy) is 3. The van der Waals surface area contributed by atoms with E-state index in [4.69, 9.17) is 14.2 Å². The van der Waals surface area contributed by atoms with Gasteiger partial charge in [-0.15, -0.1) is 0 Å². The zero-order valence-corrected chi connectivity index (χ0v) is 14.4. The Balaban J connectivity index is 2.22. The van der Waals surface area contributed by atoms with E-state index in [-0.39, 0.29) is 6.61 Å². The normalized spacial score (nSPS) is 16.1. The van der Waals surface area contributed by atoms with E-state index in [1.165, 1.54) is 4.68 Å². The quantitative estimate of drug-likeness (QED) is 0.815. The highest BCUT2D eigenvalue weighted by Gasteiger charge is 2.36. The molecule has 0 spiro atoms. The van der Waals surface area contributed by atoms with Crippen LogP contribution in [-0.2, 0) is 9.53 Å². The van der Waals surface area contributed by atoms with Crippen molar-refractivity contribution in [3.63, 3.8) is 0 Å². The van der Waals surface area contributed by atoms with Crippen molar-refractivity contribution in [3.8, 4) is 11.5 Å². The van der Waals surface area contributed by atoms with E-state index < -0.39 is 12.0 Å². The smallest absolute Gasteiger partial charge is 0.338 e. The topological polar surface area (TPSA) is 100 Å². The largest absolute Gasteiger partial charge is 0.497 e. The van der Waals surface area contributed by atoms with Crippen molar-refractivity contribution in [1.82, 2.24) is 20.2 Å². The lowest BCUT2D eigenvalue weighted by atomic mass is 9.94. The van der Waals surface area contributed by atoms with Crippen LogP contribution in [0.2, 0.25) is 0 Å². The highest BCUT2D eigenvalue weighted by molar-refractivity contribution is 5.92. The van der Waals surface area contributed by atoms with E-state index in [2.05, 4.69) is 20.8 Å². The van der Waals surface area contributed by atoms with Gasteiger partial charge in [0.15, 0.2) is 0 Å². The first-order valence-corrected chi connectivity index (χ1v) is 7.75. The number of hydrogen-bond acceptors (Lipinski definition) is 8. The molecule has 2 heterocycles. The third-order valence-corrected chi connectivity index (χ3v) is 3.94. The van der Waals surface area contributed by atoms with Crippen LogP contribution < -0.4 is 14.8 Å². The van der Waals surface area contributed by atoms with Crippen molar-refractivity contribution < 1.29 is 19.0 Å². The Morgan fingerprint density at radius 1 is 1.32 bits per heavy atom. The number of aromatic nitrogens is 4. The van der Waals surface area contributed by atoms with Gasteiger partial charge in [0.1, 0.15) is 17.5 Å². The fourth-order valence-corrected chi connectivity index (χ4v) is 2.83. The van der Waals surface area contributed by atoms with Crippen molar-refractivity contribution in [2.75, 3.05) is 26.1 Å². The Hall–Kier alpha value is -3.10. The summed E-state index contributed by atoms with van der Waals surface area (Å²) in [5.41, 5.74) is 1.73. The molecule has 1 aromatic carbocycles. The van der Waals surface area contributed by atoms with Gasteiger partial charge in [-0.1, -0.05) is 5.10 Å². The Kier molecular flexibility index (Phi) is 4.55. The summed E-state index contributed by atoms with van der Waals surface area (Å²) in [5.74, 6) is 1.21. The molecule has 25 heavy (non-hydrogen) atoms. The van der Waals surface area contributed by atoms with Crippen LogP contribution in [0.4, 0.5) is 5.95 Å². The summed E-state index contributed by atoms with van der Waals surface area (Å²) >= 11 is 0. The number of carbonyl (C=O) groups is 1. The summed E-state index contributed by atoms with van der Waals surface area (Å²) in [6.45, 7) is 3.80. The number of nitrogens with one attached hydrogen (secondary N) is 1. The van der Waals surface area contributed by atoms with Crippen LogP contribution in [0, 0.1) is 0 Å². The molecule has 0 saturated carbocycles. The second-order valence-corrected chi connectivity index (χ2v) is 5.34. The lowest BCUT2D eigenvalue weighted by molar-refractivity contribution is -0.139. The molecule has 0 aliphatic carbocycles. The number of fused-ring (bicyclic) bond motifs is 1. The summed E-state index contributed by atoms with van der Waals surface area (Å²) in [6, 6.07) is 4.76. The monoisotopic (exact) mass is 345 g/mol. The summed E-state index contributed by atoms with van der Waals surface area (Å²) in [7, 11) is 3.14. The SMILES string of the molecule is CCOC(=O)C1=C(C)Nc2nnnn2[C@@H]1c1cc(OC)ccc1OC. The molecule has 0 fully saturated rings. The summed E-state index contributed by atoms with van der Waals surface area (Å²) < 4.78 is 17.6. The molecule has 1 aliphatic rings. The molecule has 1 N–H and O–H groups in total. The van der Waals surface area contributed by atoms with Gasteiger partial charge in [-0.25, -0.2) is 4.79 Å². The van der Waals surface area contributed by atoms with Gasteiger partial charge in [0, 0.05) is 11.3 Å². The Labute approximate surface area is 144 Å². The molecule has 0 amide bonds. The van der Waals surface area contributed by atoms with Gasteiger partial charge in [0.05, 0.1) is 26.4 Å². The molecule has 0 bridgehead atoms. The number of tetrazole rings is 1. The lowest BCUT2D eigenvalue weighted by Gasteiger charge is -2.28. The van der Waals surface area contributed by atoms with Crippen LogP contribution in [0.5, 0.6) is 11.5 Å². The molecular weight excluding hydrogens is 326 g/mol. The van der Waals surface area contributed by atoms with Crippen LogP contribution in [0.15, 0.2) is 29.5 Å². The van der Waals surface area contributed by atoms with Gasteiger partial charge in [-0.3, -0.25) is 0 Å². The highest BCUT2D eigenvalue weighted by Crippen LogP contribution is 2.40. The first kappa shape index (κ1) is 16.7. The number of esters is 1. The van der Waals surface area contributed by atoms with Crippen LogP contribution in [-0.4, -0.2) is 47.0 Å². The van der Waals surface area contributed by atoms with E-state index in [1.807, 2.05) is 0 Å². The molecule has 1 aromatic heterocycles. The predicted octanol–water partition coefficient (Wildman–Crippen LogP) is 1.54. The summed E-state index contributed by atoms with van der Waals surface area (Å²) in [6.07, 6.45) is 0. The molecule has 0 saturated heterocycles. The third-order valence-electron chi connectivity index (χ3n) is 3.94. The molecule has 9 nitrogen and oxygen atoms in total. The minimum absolute atomic E-state index is 0.264. The Morgan fingerprint density at radius 2 is 2.12 bits per heavy atom. The van der Waals surface area contributed by atoms with Gasteiger partial charge in [-0.05, 0) is 42.5 Å². The predicted molar refractivity (Wildman–Crippen MR) is 88.5 cm³/mol. The molecule has 2 aromatic rings. The van der Waals surface area contributed by atoms with E-state index >= 15 is 0 Å². The summed E-state index contributed by atoms with van der Waals surface area (Å²) in [5, 5.41) is 14.7. The number of rotatable bonds is 5.